The van der Waals surface area contributed by atoms with Gasteiger partial charge in [0.2, 0.25) is 0 Å². The summed E-state index contributed by atoms with van der Waals surface area (Å²) in [5.41, 5.74) is -3.00. The van der Waals surface area contributed by atoms with Crippen LogP contribution in [-0.4, -0.2) is 0 Å². The molecule has 0 heterocycles. The van der Waals surface area contributed by atoms with Crippen LogP contribution in [0.3, 0.4) is 0 Å². The van der Waals surface area contributed by atoms with Crippen LogP contribution in [0.15, 0.2) is 24.3 Å². The minimum Gasteiger partial charge on any atom is -0.204 e. The smallest absolute Gasteiger partial charge is 0.204 e. The van der Waals surface area contributed by atoms with Crippen LogP contribution in [0, 0.1) is 11.6 Å². The Morgan fingerprint density at radius 2 is 0.889 bits per heavy atom. The van der Waals surface area contributed by atoms with Gasteiger partial charge in [-0.25, -0.2) is 17.6 Å². The van der Waals surface area contributed by atoms with E-state index in [1.807, 2.05) is 0 Å². The topological polar surface area (TPSA) is 0 Å². The molecule has 0 spiro atoms. The molecule has 0 fully saturated rings. The van der Waals surface area contributed by atoms with E-state index in [0.717, 1.165) is 0 Å². The van der Waals surface area contributed by atoms with Crippen LogP contribution in [0.5, 0.6) is 0 Å². The molecule has 98 valence electrons. The van der Waals surface area contributed by atoms with Gasteiger partial charge in [0.05, 0.1) is 0 Å². The third-order valence-corrected chi connectivity index (χ3v) is 1.87. The van der Waals surface area contributed by atoms with Crippen molar-refractivity contribution in [3.63, 3.8) is 0 Å². The molecule has 0 unspecified atom stereocenters. The van der Waals surface area contributed by atoms with Crippen molar-refractivity contribution in [3.05, 3.63) is 47.1 Å². The Kier molecular flexibility index (Phi) is 4.10. The van der Waals surface area contributed by atoms with Crippen LogP contribution in [0.25, 0.3) is 11.7 Å². The van der Waals surface area contributed by atoms with Crippen molar-refractivity contribution in [2.45, 2.75) is 0 Å². The van der Waals surface area contributed by atoms with E-state index in [4.69, 9.17) is 0 Å². The van der Waals surface area contributed by atoms with Crippen molar-refractivity contribution in [1.82, 2.24) is 0 Å². The van der Waals surface area contributed by atoms with E-state index in [0.29, 0.717) is 0 Å². The Balaban J connectivity index is 3.65. The molecule has 0 aliphatic heterocycles. The summed E-state index contributed by atoms with van der Waals surface area (Å²) in [7, 11) is 0. The first kappa shape index (κ1) is 14.2. The van der Waals surface area contributed by atoms with Gasteiger partial charge in [0.1, 0.15) is 0 Å². The molecular weight excluding hydrogens is 272 g/mol. The largest absolute Gasteiger partial charge is 0.306 e. The van der Waals surface area contributed by atoms with Gasteiger partial charge in [-0.05, 0) is 12.1 Å². The van der Waals surface area contributed by atoms with Crippen molar-refractivity contribution >= 4 is 11.7 Å². The lowest BCUT2D eigenvalue weighted by atomic mass is 10.1. The highest BCUT2D eigenvalue weighted by Crippen LogP contribution is 2.33. The van der Waals surface area contributed by atoms with Crippen LogP contribution in [-0.2, 0) is 0 Å². The van der Waals surface area contributed by atoms with Crippen molar-refractivity contribution in [1.29, 1.82) is 0 Å². The molecule has 1 aromatic rings. The van der Waals surface area contributed by atoms with Gasteiger partial charge < -0.3 is 0 Å². The highest BCUT2D eigenvalue weighted by molar-refractivity contribution is 5.74. The van der Waals surface area contributed by atoms with Gasteiger partial charge in [-0.15, -0.1) is 0 Å². The molecule has 0 atom stereocenters. The van der Waals surface area contributed by atoms with E-state index >= 15 is 0 Å². The van der Waals surface area contributed by atoms with E-state index in [-0.39, 0.29) is 12.1 Å². The molecule has 0 aliphatic rings. The summed E-state index contributed by atoms with van der Waals surface area (Å²) in [6, 6.07) is -0.274. The van der Waals surface area contributed by atoms with Crippen molar-refractivity contribution in [2.24, 2.45) is 0 Å². The summed E-state index contributed by atoms with van der Waals surface area (Å²) in [4.78, 5) is 0. The van der Waals surface area contributed by atoms with Gasteiger partial charge in [-0.3, -0.25) is 0 Å². The molecular formula is C10H2F8. The summed E-state index contributed by atoms with van der Waals surface area (Å²) in [6.07, 6.45) is -5.95. The molecule has 8 heteroatoms. The van der Waals surface area contributed by atoms with Crippen molar-refractivity contribution < 1.29 is 35.1 Å². The Labute approximate surface area is 94.8 Å². The summed E-state index contributed by atoms with van der Waals surface area (Å²) < 4.78 is 99.0. The van der Waals surface area contributed by atoms with Crippen LogP contribution in [0.4, 0.5) is 35.1 Å². The fraction of sp³-hybridized carbons (Fsp3) is 0. The monoisotopic (exact) mass is 274 g/mol. The normalized spacial score (nSPS) is 10.2. The first-order valence-electron chi connectivity index (χ1n) is 4.17. The minimum atomic E-state index is -2.98. The molecule has 1 aromatic carbocycles. The van der Waals surface area contributed by atoms with E-state index in [2.05, 4.69) is 0 Å². The average Bonchev–Trinajstić information content (AvgIpc) is 2.29. The molecule has 0 nitrogen and oxygen atoms in total. The second-order valence-electron chi connectivity index (χ2n) is 2.96. The summed E-state index contributed by atoms with van der Waals surface area (Å²) in [5.74, 6) is -8.39. The molecule has 0 amide bonds. The maximum Gasteiger partial charge on any atom is 0.306 e. The first-order valence-corrected chi connectivity index (χ1v) is 4.17. The Bertz CT molecular complexity index is 486. The highest BCUT2D eigenvalue weighted by atomic mass is 19.3. The van der Waals surface area contributed by atoms with Gasteiger partial charge in [-0.1, -0.05) is 0 Å². The fourth-order valence-corrected chi connectivity index (χ4v) is 1.11. The predicted molar refractivity (Wildman–Crippen MR) is 46.8 cm³/mol. The standard InChI is InChI=1S/C10H2F8/c11-5-1-3(7(13)9(15)16)4(2-6(5)12)8(14)10(17)18/h1-2H. The zero-order valence-electron chi connectivity index (χ0n) is 8.18. The van der Waals surface area contributed by atoms with Gasteiger partial charge in [0.15, 0.2) is 23.3 Å². The molecule has 0 aliphatic carbocycles. The molecule has 18 heavy (non-hydrogen) atoms. The van der Waals surface area contributed by atoms with Crippen LogP contribution < -0.4 is 0 Å². The number of rotatable bonds is 2. The second kappa shape index (κ2) is 5.19. The molecule has 0 N–H and O–H groups in total. The Hall–Kier alpha value is -1.86. The maximum atomic E-state index is 12.9. The van der Waals surface area contributed by atoms with Gasteiger partial charge in [0.25, 0.3) is 0 Å². The summed E-state index contributed by atoms with van der Waals surface area (Å²) >= 11 is 0. The third kappa shape index (κ3) is 2.69. The van der Waals surface area contributed by atoms with Crippen LogP contribution >= 0.6 is 0 Å². The zero-order valence-corrected chi connectivity index (χ0v) is 8.18. The molecule has 0 saturated carbocycles. The highest BCUT2D eigenvalue weighted by Gasteiger charge is 2.22. The first-order chi connectivity index (χ1) is 8.25. The van der Waals surface area contributed by atoms with Gasteiger partial charge in [-0.2, -0.15) is 17.6 Å². The lowest BCUT2D eigenvalue weighted by molar-refractivity contribution is 0.407. The van der Waals surface area contributed by atoms with Crippen LogP contribution in [0.2, 0.25) is 0 Å². The second-order valence-corrected chi connectivity index (χ2v) is 2.96. The van der Waals surface area contributed by atoms with E-state index in [9.17, 15) is 35.1 Å². The quantitative estimate of drug-likeness (QED) is 0.663. The predicted octanol–water partition coefficient (Wildman–Crippen LogP) is 5.03. The molecule has 0 saturated heterocycles. The van der Waals surface area contributed by atoms with Gasteiger partial charge in [0, 0.05) is 11.1 Å². The Morgan fingerprint density at radius 3 is 1.11 bits per heavy atom. The van der Waals surface area contributed by atoms with E-state index in [1.165, 1.54) is 0 Å². The summed E-state index contributed by atoms with van der Waals surface area (Å²) in [5, 5.41) is 0. The lowest BCUT2D eigenvalue weighted by Crippen LogP contribution is -1.95. The SMILES string of the molecule is FC(F)=C(F)c1cc(F)c(F)cc1C(F)=C(F)F. The number of hydrogen-bond donors (Lipinski definition) is 0. The number of benzene rings is 1. The molecule has 1 rings (SSSR count). The van der Waals surface area contributed by atoms with Gasteiger partial charge >= 0.3 is 12.2 Å². The lowest BCUT2D eigenvalue weighted by Gasteiger charge is -2.06. The van der Waals surface area contributed by atoms with Crippen molar-refractivity contribution in [2.75, 3.05) is 0 Å². The average molecular weight is 274 g/mol. The van der Waals surface area contributed by atoms with Crippen molar-refractivity contribution in [3.8, 4) is 0 Å². The zero-order chi connectivity index (χ0) is 14.0. The third-order valence-electron chi connectivity index (χ3n) is 1.87. The Morgan fingerprint density at radius 1 is 0.611 bits per heavy atom. The number of hydrogen-bond acceptors (Lipinski definition) is 0. The van der Waals surface area contributed by atoms with E-state index in [1.54, 1.807) is 0 Å². The van der Waals surface area contributed by atoms with Crippen LogP contribution in [0.1, 0.15) is 11.1 Å². The minimum absolute atomic E-state index is 0.137. The molecule has 0 bridgehead atoms. The molecule has 0 radical (unpaired) electrons. The summed E-state index contributed by atoms with van der Waals surface area (Å²) in [6.45, 7) is 0. The maximum absolute atomic E-state index is 12.9. The molecule has 0 aromatic heterocycles. The van der Waals surface area contributed by atoms with E-state index < -0.39 is 46.6 Å². The fourth-order valence-electron chi connectivity index (χ4n) is 1.11. The number of halogens is 8.